The highest BCUT2D eigenvalue weighted by Crippen LogP contribution is 2.18. The van der Waals surface area contributed by atoms with Crippen LogP contribution in [0.4, 0.5) is 0 Å². The van der Waals surface area contributed by atoms with Gasteiger partial charge < -0.3 is 10.4 Å². The molecule has 2 atom stereocenters. The molecule has 21 heavy (non-hydrogen) atoms. The number of rotatable bonds is 7. The van der Waals surface area contributed by atoms with E-state index in [9.17, 15) is 0 Å². The predicted octanol–water partition coefficient (Wildman–Crippen LogP) is 3.50. The molecule has 0 aliphatic rings. The average molecular weight is 283 g/mol. The average Bonchev–Trinajstić information content (AvgIpc) is 2.55. The summed E-state index contributed by atoms with van der Waals surface area (Å²) in [6, 6.07) is 19.3. The Morgan fingerprint density at radius 1 is 0.905 bits per heavy atom. The third-order valence-corrected chi connectivity index (χ3v) is 4.16. The SMILES string of the molecule is CC(NCCc1ccc(CO)cc1)C(C)c1ccccc1. The van der Waals surface area contributed by atoms with Gasteiger partial charge in [-0.1, -0.05) is 61.5 Å². The standard InChI is InChI=1S/C19H25NO/c1-15(19-6-4-3-5-7-19)16(2)20-13-12-17-8-10-18(14-21)11-9-17/h3-11,15-16,20-21H,12-14H2,1-2H3. The summed E-state index contributed by atoms with van der Waals surface area (Å²) in [5, 5.41) is 12.6. The summed E-state index contributed by atoms with van der Waals surface area (Å²) in [6.07, 6.45) is 1.01. The van der Waals surface area contributed by atoms with Crippen molar-refractivity contribution in [2.24, 2.45) is 0 Å². The van der Waals surface area contributed by atoms with Crippen molar-refractivity contribution in [2.45, 2.75) is 38.8 Å². The molecule has 0 saturated heterocycles. The minimum atomic E-state index is 0.115. The monoisotopic (exact) mass is 283 g/mol. The van der Waals surface area contributed by atoms with Gasteiger partial charge >= 0.3 is 0 Å². The van der Waals surface area contributed by atoms with E-state index in [1.807, 2.05) is 12.1 Å². The van der Waals surface area contributed by atoms with Crippen molar-refractivity contribution >= 4 is 0 Å². The van der Waals surface area contributed by atoms with Crippen molar-refractivity contribution in [1.29, 1.82) is 0 Å². The van der Waals surface area contributed by atoms with Crippen LogP contribution in [0.15, 0.2) is 54.6 Å². The van der Waals surface area contributed by atoms with Gasteiger partial charge in [-0.3, -0.25) is 0 Å². The number of hydrogen-bond acceptors (Lipinski definition) is 2. The van der Waals surface area contributed by atoms with E-state index in [2.05, 4.69) is 61.6 Å². The molecule has 0 amide bonds. The molecule has 2 N–H and O–H groups in total. The third kappa shape index (κ3) is 4.69. The summed E-state index contributed by atoms with van der Waals surface area (Å²) in [7, 11) is 0. The molecule has 2 nitrogen and oxygen atoms in total. The molecule has 2 rings (SSSR count). The highest BCUT2D eigenvalue weighted by molar-refractivity contribution is 5.22. The fraction of sp³-hybridized carbons (Fsp3) is 0.368. The Morgan fingerprint density at radius 3 is 2.14 bits per heavy atom. The number of aliphatic hydroxyl groups excluding tert-OH is 1. The molecule has 2 heteroatoms. The van der Waals surface area contributed by atoms with Crippen LogP contribution in [0.25, 0.3) is 0 Å². The minimum Gasteiger partial charge on any atom is -0.392 e. The summed E-state index contributed by atoms with van der Waals surface area (Å²) < 4.78 is 0. The van der Waals surface area contributed by atoms with Gasteiger partial charge in [-0.05, 0) is 42.5 Å². The quantitative estimate of drug-likeness (QED) is 0.815. The summed E-state index contributed by atoms with van der Waals surface area (Å²) in [5.74, 6) is 0.503. The first-order valence-corrected chi connectivity index (χ1v) is 7.67. The molecular formula is C19H25NO. The van der Waals surface area contributed by atoms with Crippen LogP contribution in [0.2, 0.25) is 0 Å². The maximum absolute atomic E-state index is 9.03. The lowest BCUT2D eigenvalue weighted by Crippen LogP contribution is -2.32. The Bertz CT molecular complexity index is 521. The fourth-order valence-corrected chi connectivity index (χ4v) is 2.48. The number of aliphatic hydroxyl groups is 1. The van der Waals surface area contributed by atoms with Crippen LogP contribution >= 0.6 is 0 Å². The van der Waals surface area contributed by atoms with Crippen molar-refractivity contribution in [3.8, 4) is 0 Å². The molecule has 0 saturated carbocycles. The van der Waals surface area contributed by atoms with Gasteiger partial charge in [0.25, 0.3) is 0 Å². The summed E-state index contributed by atoms with van der Waals surface area (Å²) in [4.78, 5) is 0. The van der Waals surface area contributed by atoms with E-state index in [0.717, 1.165) is 18.5 Å². The van der Waals surface area contributed by atoms with Gasteiger partial charge in [-0.2, -0.15) is 0 Å². The first-order valence-electron chi connectivity index (χ1n) is 7.67. The van der Waals surface area contributed by atoms with Crippen LogP contribution in [0.3, 0.4) is 0 Å². The topological polar surface area (TPSA) is 32.3 Å². The molecule has 2 aromatic rings. The second-order valence-electron chi connectivity index (χ2n) is 5.67. The van der Waals surface area contributed by atoms with Gasteiger partial charge in [-0.15, -0.1) is 0 Å². The van der Waals surface area contributed by atoms with Gasteiger partial charge in [0, 0.05) is 6.04 Å². The Morgan fingerprint density at radius 2 is 1.52 bits per heavy atom. The largest absolute Gasteiger partial charge is 0.392 e. The first kappa shape index (κ1) is 15.7. The normalized spacial score (nSPS) is 13.9. The molecule has 0 aliphatic carbocycles. The van der Waals surface area contributed by atoms with Crippen LogP contribution < -0.4 is 5.32 Å². The number of nitrogens with one attached hydrogen (secondary N) is 1. The Labute approximate surface area is 127 Å². The molecule has 0 aromatic heterocycles. The Balaban J connectivity index is 1.79. The van der Waals surface area contributed by atoms with E-state index >= 15 is 0 Å². The summed E-state index contributed by atoms with van der Waals surface area (Å²) in [5.41, 5.74) is 3.65. The molecule has 0 aliphatic heterocycles. The van der Waals surface area contributed by atoms with E-state index < -0.39 is 0 Å². The maximum atomic E-state index is 9.03. The summed E-state index contributed by atoms with van der Waals surface area (Å²) in [6.45, 7) is 5.59. The van der Waals surface area contributed by atoms with Gasteiger partial charge in [0.1, 0.15) is 0 Å². The number of benzene rings is 2. The lowest BCUT2D eigenvalue weighted by Gasteiger charge is -2.22. The second kappa shape index (κ2) is 7.96. The van der Waals surface area contributed by atoms with Crippen molar-refractivity contribution in [3.05, 3.63) is 71.3 Å². The smallest absolute Gasteiger partial charge is 0.0681 e. The van der Waals surface area contributed by atoms with E-state index in [4.69, 9.17) is 5.11 Å². The molecule has 0 spiro atoms. The minimum absolute atomic E-state index is 0.115. The van der Waals surface area contributed by atoms with Crippen LogP contribution in [0.5, 0.6) is 0 Å². The zero-order valence-corrected chi connectivity index (χ0v) is 12.9. The van der Waals surface area contributed by atoms with E-state index in [1.165, 1.54) is 11.1 Å². The van der Waals surface area contributed by atoms with Crippen molar-refractivity contribution in [1.82, 2.24) is 5.32 Å². The zero-order chi connectivity index (χ0) is 15.1. The second-order valence-corrected chi connectivity index (χ2v) is 5.67. The van der Waals surface area contributed by atoms with Gasteiger partial charge in [0.15, 0.2) is 0 Å². The highest BCUT2D eigenvalue weighted by Gasteiger charge is 2.12. The fourth-order valence-electron chi connectivity index (χ4n) is 2.48. The molecule has 0 heterocycles. The first-order chi connectivity index (χ1) is 10.2. The maximum Gasteiger partial charge on any atom is 0.0681 e. The molecule has 0 bridgehead atoms. The molecule has 0 fully saturated rings. The van der Waals surface area contributed by atoms with Crippen LogP contribution in [0.1, 0.15) is 36.5 Å². The highest BCUT2D eigenvalue weighted by atomic mass is 16.3. The van der Waals surface area contributed by atoms with E-state index in [-0.39, 0.29) is 6.61 Å². The van der Waals surface area contributed by atoms with Crippen molar-refractivity contribution in [3.63, 3.8) is 0 Å². The predicted molar refractivity (Wildman–Crippen MR) is 88.4 cm³/mol. The lowest BCUT2D eigenvalue weighted by atomic mass is 9.94. The van der Waals surface area contributed by atoms with Crippen molar-refractivity contribution in [2.75, 3.05) is 6.54 Å². The number of hydrogen-bond donors (Lipinski definition) is 2. The Hall–Kier alpha value is -1.64. The molecule has 2 unspecified atom stereocenters. The van der Waals surface area contributed by atoms with Crippen LogP contribution in [-0.2, 0) is 13.0 Å². The van der Waals surface area contributed by atoms with Gasteiger partial charge in [0.05, 0.1) is 6.61 Å². The van der Waals surface area contributed by atoms with Crippen LogP contribution in [0, 0.1) is 0 Å². The summed E-state index contributed by atoms with van der Waals surface area (Å²) >= 11 is 0. The van der Waals surface area contributed by atoms with Gasteiger partial charge in [0.2, 0.25) is 0 Å². The molecule has 112 valence electrons. The van der Waals surface area contributed by atoms with Crippen molar-refractivity contribution < 1.29 is 5.11 Å². The molecular weight excluding hydrogens is 258 g/mol. The zero-order valence-electron chi connectivity index (χ0n) is 12.9. The van der Waals surface area contributed by atoms with E-state index in [1.54, 1.807) is 0 Å². The van der Waals surface area contributed by atoms with Gasteiger partial charge in [-0.25, -0.2) is 0 Å². The van der Waals surface area contributed by atoms with Crippen LogP contribution in [-0.4, -0.2) is 17.7 Å². The molecule has 0 radical (unpaired) electrons. The third-order valence-electron chi connectivity index (χ3n) is 4.16. The lowest BCUT2D eigenvalue weighted by molar-refractivity contribution is 0.282. The molecule has 2 aromatic carbocycles. The van der Waals surface area contributed by atoms with E-state index in [0.29, 0.717) is 12.0 Å². The Kier molecular flexibility index (Phi) is 5.97.